The van der Waals surface area contributed by atoms with Crippen molar-refractivity contribution in [3.8, 4) is 11.8 Å². The second-order valence-electron chi connectivity index (χ2n) is 6.56. The second kappa shape index (κ2) is 8.24. The van der Waals surface area contributed by atoms with E-state index in [1.807, 2.05) is 11.3 Å². The number of nitrogens with zero attached hydrogens (tertiary/aromatic N) is 2. The van der Waals surface area contributed by atoms with Crippen LogP contribution in [0.4, 0.5) is 0 Å². The lowest BCUT2D eigenvalue weighted by Gasteiger charge is -2.36. The van der Waals surface area contributed by atoms with Gasteiger partial charge in [-0.05, 0) is 59.1 Å². The largest absolute Gasteiger partial charge is 0.491 e. The Kier molecular flexibility index (Phi) is 5.55. The zero-order chi connectivity index (χ0) is 18.6. The molecule has 6 heteroatoms. The Morgan fingerprint density at radius 1 is 1.19 bits per heavy atom. The SMILES string of the molecule is N#Cc1ccc(OC[C@H](O)CN2CCc3sccc3[C@@H]2c2cccs2)cc1. The highest BCUT2D eigenvalue weighted by molar-refractivity contribution is 7.10. The average molecular weight is 397 g/mol. The number of fused-ring (bicyclic) bond motifs is 1. The normalized spacial score (nSPS) is 17.9. The standard InChI is InChI=1S/C21H20N2O2S2/c22-12-15-3-5-17(6-4-15)25-14-16(24)13-23-9-7-19-18(8-11-27-19)21(23)20-2-1-10-26-20/h1-6,8,10-11,16,21,24H,7,9,13-14H2/t16-,21-/m1/s1. The molecule has 0 radical (unpaired) electrons. The van der Waals surface area contributed by atoms with Gasteiger partial charge in [0.1, 0.15) is 18.5 Å². The highest BCUT2D eigenvalue weighted by atomic mass is 32.1. The molecule has 1 N–H and O–H groups in total. The summed E-state index contributed by atoms with van der Waals surface area (Å²) in [7, 11) is 0. The number of rotatable bonds is 6. The van der Waals surface area contributed by atoms with Crippen molar-refractivity contribution in [2.75, 3.05) is 19.7 Å². The zero-order valence-electron chi connectivity index (χ0n) is 14.7. The van der Waals surface area contributed by atoms with Crippen molar-refractivity contribution in [3.05, 3.63) is 74.1 Å². The van der Waals surface area contributed by atoms with Gasteiger partial charge in [-0.1, -0.05) is 6.07 Å². The Bertz CT molecular complexity index is 913. The quantitative estimate of drug-likeness (QED) is 0.682. The fraction of sp³-hybridized carbons (Fsp3) is 0.286. The van der Waals surface area contributed by atoms with Gasteiger partial charge in [0.25, 0.3) is 0 Å². The number of nitriles is 1. The molecule has 4 rings (SSSR count). The van der Waals surface area contributed by atoms with Crippen LogP contribution in [0.25, 0.3) is 0 Å². The predicted molar refractivity (Wildman–Crippen MR) is 108 cm³/mol. The number of ether oxygens (including phenoxy) is 1. The van der Waals surface area contributed by atoms with Crippen LogP contribution < -0.4 is 4.74 Å². The Balaban J connectivity index is 1.42. The third-order valence-electron chi connectivity index (χ3n) is 4.75. The van der Waals surface area contributed by atoms with Crippen molar-refractivity contribution in [3.63, 3.8) is 0 Å². The Hall–Kier alpha value is -2.17. The van der Waals surface area contributed by atoms with E-state index in [9.17, 15) is 5.11 Å². The number of benzene rings is 1. The molecule has 0 saturated carbocycles. The first-order valence-corrected chi connectivity index (χ1v) is 10.7. The van der Waals surface area contributed by atoms with Gasteiger partial charge in [-0.2, -0.15) is 5.26 Å². The molecule has 3 heterocycles. The van der Waals surface area contributed by atoms with Crippen molar-refractivity contribution in [1.82, 2.24) is 4.90 Å². The smallest absolute Gasteiger partial charge is 0.119 e. The van der Waals surface area contributed by atoms with E-state index in [0.29, 0.717) is 17.9 Å². The summed E-state index contributed by atoms with van der Waals surface area (Å²) in [6.07, 6.45) is 0.446. The van der Waals surface area contributed by atoms with Crippen LogP contribution in [0.3, 0.4) is 0 Å². The molecule has 138 valence electrons. The summed E-state index contributed by atoms with van der Waals surface area (Å²) in [6, 6.07) is 15.7. The first kappa shape index (κ1) is 18.2. The van der Waals surface area contributed by atoms with E-state index in [0.717, 1.165) is 13.0 Å². The van der Waals surface area contributed by atoms with Gasteiger partial charge < -0.3 is 9.84 Å². The summed E-state index contributed by atoms with van der Waals surface area (Å²) >= 11 is 3.59. The first-order chi connectivity index (χ1) is 13.2. The van der Waals surface area contributed by atoms with Crippen molar-refractivity contribution in [2.45, 2.75) is 18.6 Å². The number of aliphatic hydroxyl groups is 1. The summed E-state index contributed by atoms with van der Waals surface area (Å²) in [4.78, 5) is 5.12. The van der Waals surface area contributed by atoms with Crippen molar-refractivity contribution < 1.29 is 9.84 Å². The topological polar surface area (TPSA) is 56.5 Å². The molecule has 3 aromatic rings. The van der Waals surface area contributed by atoms with Crippen LogP contribution in [-0.2, 0) is 6.42 Å². The molecule has 1 aliphatic rings. The van der Waals surface area contributed by atoms with E-state index in [4.69, 9.17) is 10.00 Å². The molecule has 1 aliphatic heterocycles. The number of thiophene rings is 2. The minimum absolute atomic E-state index is 0.213. The molecule has 0 fully saturated rings. The van der Waals surface area contributed by atoms with Crippen molar-refractivity contribution in [1.29, 1.82) is 5.26 Å². The van der Waals surface area contributed by atoms with E-state index in [-0.39, 0.29) is 12.6 Å². The van der Waals surface area contributed by atoms with Gasteiger partial charge in [0.15, 0.2) is 0 Å². The fourth-order valence-electron chi connectivity index (χ4n) is 3.49. The molecule has 2 atom stereocenters. The van der Waals surface area contributed by atoms with Crippen LogP contribution in [0.1, 0.15) is 26.9 Å². The maximum atomic E-state index is 10.6. The Labute approximate surface area is 166 Å². The second-order valence-corrected chi connectivity index (χ2v) is 8.54. The molecule has 0 saturated heterocycles. The van der Waals surface area contributed by atoms with Gasteiger partial charge in [0.05, 0.1) is 17.7 Å². The maximum absolute atomic E-state index is 10.6. The van der Waals surface area contributed by atoms with Gasteiger partial charge in [0.2, 0.25) is 0 Å². The van der Waals surface area contributed by atoms with Crippen molar-refractivity contribution in [2.24, 2.45) is 0 Å². The number of hydrogen-bond donors (Lipinski definition) is 1. The molecule has 0 amide bonds. The third-order valence-corrected chi connectivity index (χ3v) is 6.67. The molecule has 0 aliphatic carbocycles. The molecule has 0 bridgehead atoms. The summed E-state index contributed by atoms with van der Waals surface area (Å²) in [6.45, 7) is 1.73. The predicted octanol–water partition coefficient (Wildman–Crippen LogP) is 4.07. The van der Waals surface area contributed by atoms with Crippen LogP contribution >= 0.6 is 22.7 Å². The van der Waals surface area contributed by atoms with Gasteiger partial charge >= 0.3 is 0 Å². The molecular weight excluding hydrogens is 376 g/mol. The molecule has 1 aromatic carbocycles. The van der Waals surface area contributed by atoms with Gasteiger partial charge in [-0.25, -0.2) is 0 Å². The van der Waals surface area contributed by atoms with Gasteiger partial charge in [0, 0.05) is 22.8 Å². The zero-order valence-corrected chi connectivity index (χ0v) is 16.4. The number of hydrogen-bond acceptors (Lipinski definition) is 6. The molecular formula is C21H20N2O2S2. The lowest BCUT2D eigenvalue weighted by atomic mass is 9.98. The molecule has 0 spiro atoms. The van der Waals surface area contributed by atoms with E-state index < -0.39 is 6.10 Å². The lowest BCUT2D eigenvalue weighted by molar-refractivity contribution is 0.0562. The summed E-state index contributed by atoms with van der Waals surface area (Å²) in [5.74, 6) is 0.668. The highest BCUT2D eigenvalue weighted by Crippen LogP contribution is 2.39. The maximum Gasteiger partial charge on any atom is 0.119 e. The average Bonchev–Trinajstić information content (AvgIpc) is 3.38. The summed E-state index contributed by atoms with van der Waals surface area (Å²) < 4.78 is 5.71. The Morgan fingerprint density at radius 2 is 2.04 bits per heavy atom. The molecule has 2 aromatic heterocycles. The molecule has 0 unspecified atom stereocenters. The van der Waals surface area contributed by atoms with Gasteiger partial charge in [-0.3, -0.25) is 4.90 Å². The first-order valence-electron chi connectivity index (χ1n) is 8.89. The van der Waals surface area contributed by atoms with E-state index in [1.54, 1.807) is 35.6 Å². The number of β-amino-alcohol motifs (C(OH)–C–C–N with tert-alkyl or cyclic N) is 1. The van der Waals surface area contributed by atoms with E-state index in [2.05, 4.69) is 39.9 Å². The van der Waals surface area contributed by atoms with Crippen molar-refractivity contribution >= 4 is 22.7 Å². The van der Waals surface area contributed by atoms with Crippen LogP contribution in [-0.4, -0.2) is 35.8 Å². The minimum Gasteiger partial charge on any atom is -0.491 e. The van der Waals surface area contributed by atoms with Crippen LogP contribution in [0, 0.1) is 11.3 Å². The fourth-order valence-corrected chi connectivity index (χ4v) is 5.27. The molecule has 27 heavy (non-hydrogen) atoms. The van der Waals surface area contributed by atoms with Gasteiger partial charge in [-0.15, -0.1) is 22.7 Å². The minimum atomic E-state index is -0.580. The van der Waals surface area contributed by atoms with E-state index >= 15 is 0 Å². The van der Waals surface area contributed by atoms with Crippen LogP contribution in [0.2, 0.25) is 0 Å². The lowest BCUT2D eigenvalue weighted by Crippen LogP contribution is -2.41. The van der Waals surface area contributed by atoms with E-state index in [1.165, 1.54) is 15.3 Å². The monoisotopic (exact) mass is 396 g/mol. The van der Waals surface area contributed by atoms with Crippen LogP contribution in [0.15, 0.2) is 53.2 Å². The number of aliphatic hydroxyl groups excluding tert-OH is 1. The molecule has 4 nitrogen and oxygen atoms in total. The van der Waals surface area contributed by atoms with Crippen LogP contribution in [0.5, 0.6) is 5.75 Å². The Morgan fingerprint density at radius 3 is 2.78 bits per heavy atom. The highest BCUT2D eigenvalue weighted by Gasteiger charge is 2.31. The third kappa shape index (κ3) is 4.07. The summed E-state index contributed by atoms with van der Waals surface area (Å²) in [5.41, 5.74) is 1.97. The summed E-state index contributed by atoms with van der Waals surface area (Å²) in [5, 5.41) is 23.7.